The van der Waals surface area contributed by atoms with E-state index in [1.165, 1.54) is 6.26 Å². The van der Waals surface area contributed by atoms with Gasteiger partial charge >= 0.3 is 0 Å². The highest BCUT2D eigenvalue weighted by Gasteiger charge is 2.46. The Morgan fingerprint density at radius 1 is 1.47 bits per heavy atom. The first-order valence-corrected chi connectivity index (χ1v) is 7.30. The van der Waals surface area contributed by atoms with Gasteiger partial charge in [-0.3, -0.25) is 9.59 Å². The molecule has 1 aliphatic heterocycles. The van der Waals surface area contributed by atoms with Crippen molar-refractivity contribution < 1.29 is 18.9 Å². The molecule has 0 radical (unpaired) electrons. The summed E-state index contributed by atoms with van der Waals surface area (Å²) in [5.74, 6) is -0.168. The number of ether oxygens (including phenoxy) is 1. The van der Waals surface area contributed by atoms with Gasteiger partial charge in [0.1, 0.15) is 5.75 Å². The van der Waals surface area contributed by atoms with Crippen LogP contribution in [0.3, 0.4) is 0 Å². The summed E-state index contributed by atoms with van der Waals surface area (Å²) in [6.07, 6.45) is 1.48. The van der Waals surface area contributed by atoms with Crippen molar-refractivity contribution in [1.82, 2.24) is 10.6 Å². The van der Waals surface area contributed by atoms with Gasteiger partial charge in [0, 0.05) is 0 Å². The van der Waals surface area contributed by atoms with Crippen molar-refractivity contribution in [2.24, 2.45) is 0 Å². The highest BCUT2D eigenvalue weighted by molar-refractivity contribution is 7.91. The molecule has 0 saturated carbocycles. The smallest absolute Gasteiger partial charge is 0.258 e. The number of β-lactam (4-membered cyclic amide) rings is 1. The van der Waals surface area contributed by atoms with Crippen LogP contribution in [0.4, 0.5) is 0 Å². The maximum atomic E-state index is 11.6. The highest BCUT2D eigenvalue weighted by Crippen LogP contribution is 2.12. The molecule has 6 nitrogen and oxygen atoms in total. The molecular weight excluding hydrogens is 268 g/mol. The first-order valence-electron chi connectivity index (χ1n) is 5.68. The van der Waals surface area contributed by atoms with Crippen molar-refractivity contribution in [1.29, 1.82) is 0 Å². The molecule has 0 spiro atoms. The van der Waals surface area contributed by atoms with Gasteiger partial charge in [-0.2, -0.15) is 0 Å². The monoisotopic (exact) mass is 282 g/mol. The van der Waals surface area contributed by atoms with Gasteiger partial charge in [-0.1, -0.05) is 18.2 Å². The van der Waals surface area contributed by atoms with Crippen LogP contribution in [-0.2, 0) is 20.8 Å². The minimum absolute atomic E-state index is 0.184. The van der Waals surface area contributed by atoms with Crippen LogP contribution in [0.2, 0.25) is 0 Å². The zero-order chi connectivity index (χ0) is 13.8. The fourth-order valence-electron chi connectivity index (χ4n) is 1.65. The molecular formula is C12H14N2O4S. The summed E-state index contributed by atoms with van der Waals surface area (Å²) in [7, 11) is 0. The minimum Gasteiger partial charge on any atom is -0.615 e. The molecule has 1 aromatic carbocycles. The van der Waals surface area contributed by atoms with E-state index in [1.54, 1.807) is 24.3 Å². The first-order chi connectivity index (χ1) is 9.08. The number of amides is 2. The number of carbonyl (C=O) groups is 2. The van der Waals surface area contributed by atoms with E-state index in [9.17, 15) is 14.1 Å². The molecule has 0 bridgehead atoms. The largest absolute Gasteiger partial charge is 0.615 e. The Labute approximate surface area is 113 Å². The lowest BCUT2D eigenvalue weighted by molar-refractivity contribution is -0.135. The third-order valence-corrected chi connectivity index (χ3v) is 3.76. The van der Waals surface area contributed by atoms with E-state index in [1.807, 2.05) is 6.07 Å². The van der Waals surface area contributed by atoms with Crippen LogP contribution in [-0.4, -0.2) is 40.6 Å². The van der Waals surface area contributed by atoms with Crippen molar-refractivity contribution in [3.63, 3.8) is 0 Å². The molecule has 1 heterocycles. The molecule has 102 valence electrons. The van der Waals surface area contributed by atoms with E-state index < -0.39 is 28.5 Å². The molecule has 2 N–H and O–H groups in total. The first kappa shape index (κ1) is 13.7. The van der Waals surface area contributed by atoms with Gasteiger partial charge in [-0.15, -0.1) is 0 Å². The predicted molar refractivity (Wildman–Crippen MR) is 69.9 cm³/mol. The van der Waals surface area contributed by atoms with Gasteiger partial charge < -0.3 is 19.9 Å². The number of rotatable bonds is 5. The summed E-state index contributed by atoms with van der Waals surface area (Å²) in [5.41, 5.74) is 0. The molecule has 2 rings (SSSR count). The summed E-state index contributed by atoms with van der Waals surface area (Å²) in [5, 5.41) is 4.46. The lowest BCUT2D eigenvalue weighted by atomic mass is 10.1. The average molecular weight is 282 g/mol. The maximum absolute atomic E-state index is 11.6. The molecule has 19 heavy (non-hydrogen) atoms. The van der Waals surface area contributed by atoms with E-state index in [0.29, 0.717) is 5.75 Å². The Morgan fingerprint density at radius 3 is 2.74 bits per heavy atom. The lowest BCUT2D eigenvalue weighted by Gasteiger charge is -2.35. The number of carbonyl (C=O) groups excluding carboxylic acids is 2. The molecule has 1 aliphatic rings. The van der Waals surface area contributed by atoms with Crippen LogP contribution in [0, 0.1) is 0 Å². The van der Waals surface area contributed by atoms with Gasteiger partial charge in [-0.05, 0) is 23.3 Å². The van der Waals surface area contributed by atoms with Crippen LogP contribution in [0.15, 0.2) is 30.3 Å². The van der Waals surface area contributed by atoms with E-state index in [0.717, 1.165) is 0 Å². The maximum Gasteiger partial charge on any atom is 0.258 e. The van der Waals surface area contributed by atoms with Crippen molar-refractivity contribution in [2.75, 3.05) is 12.9 Å². The normalized spacial score (nSPS) is 22.9. The van der Waals surface area contributed by atoms with Crippen molar-refractivity contribution in [3.05, 3.63) is 30.3 Å². The fraction of sp³-hybridized carbons (Fsp3) is 0.333. The molecule has 0 aliphatic carbocycles. The number of benzene rings is 1. The fourth-order valence-corrected chi connectivity index (χ4v) is 2.51. The number of nitrogens with one attached hydrogen (secondary N) is 2. The molecule has 0 aromatic heterocycles. The summed E-state index contributed by atoms with van der Waals surface area (Å²) in [4.78, 5) is 22.9. The summed E-state index contributed by atoms with van der Waals surface area (Å²) in [6, 6.07) is 8.15. The zero-order valence-corrected chi connectivity index (χ0v) is 11.1. The van der Waals surface area contributed by atoms with Crippen LogP contribution >= 0.6 is 0 Å². The van der Waals surface area contributed by atoms with Gasteiger partial charge in [-0.25, -0.2) is 0 Å². The third-order valence-electron chi connectivity index (χ3n) is 2.66. The second-order valence-electron chi connectivity index (χ2n) is 4.07. The Kier molecular flexibility index (Phi) is 4.28. The highest BCUT2D eigenvalue weighted by atomic mass is 32.2. The van der Waals surface area contributed by atoms with Gasteiger partial charge in [0.25, 0.3) is 11.8 Å². The standard InChI is InChI=1S/C12H14N2O4S/c1-19(17)12-10(11(16)14-12)13-9(15)7-18-8-5-3-2-4-6-8/h2-6,10,12H,7H2,1H3,(H,13,15)(H,14,16)/t10-,12-,19?/m1/s1. The number of hydrogen-bond acceptors (Lipinski definition) is 4. The summed E-state index contributed by atoms with van der Waals surface area (Å²) >= 11 is -1.22. The van der Waals surface area contributed by atoms with E-state index in [2.05, 4.69) is 10.6 Å². The zero-order valence-electron chi connectivity index (χ0n) is 10.3. The van der Waals surface area contributed by atoms with Crippen LogP contribution < -0.4 is 15.4 Å². The third kappa shape index (κ3) is 3.39. The van der Waals surface area contributed by atoms with Gasteiger partial charge in [0.2, 0.25) is 5.37 Å². The molecule has 1 fully saturated rings. The summed E-state index contributed by atoms with van der Waals surface area (Å²) < 4.78 is 16.5. The topological polar surface area (TPSA) is 90.5 Å². The number of para-hydroxylation sites is 1. The Bertz CT molecular complexity index is 466. The van der Waals surface area contributed by atoms with Crippen LogP contribution in [0.25, 0.3) is 0 Å². The van der Waals surface area contributed by atoms with E-state index in [4.69, 9.17) is 4.74 Å². The molecule has 1 aromatic rings. The molecule has 1 unspecified atom stereocenters. The minimum atomic E-state index is -1.22. The van der Waals surface area contributed by atoms with Gasteiger partial charge in [0.15, 0.2) is 12.6 Å². The Balaban J connectivity index is 1.80. The predicted octanol–water partition coefficient (Wildman–Crippen LogP) is -0.615. The lowest BCUT2D eigenvalue weighted by Crippen LogP contribution is -2.71. The van der Waals surface area contributed by atoms with Crippen molar-refractivity contribution in [2.45, 2.75) is 11.4 Å². The summed E-state index contributed by atoms with van der Waals surface area (Å²) in [6.45, 7) is -0.184. The van der Waals surface area contributed by atoms with E-state index >= 15 is 0 Å². The average Bonchev–Trinajstić information content (AvgIpc) is 2.40. The Hall–Kier alpha value is -1.73. The SMILES string of the molecule is C[S+]([O-])[C@H]1NC(=O)[C@H]1NC(=O)COc1ccccc1. The second-order valence-corrected chi connectivity index (χ2v) is 5.58. The Morgan fingerprint density at radius 2 is 2.16 bits per heavy atom. The van der Waals surface area contributed by atoms with Crippen molar-refractivity contribution >= 4 is 23.0 Å². The van der Waals surface area contributed by atoms with E-state index in [-0.39, 0.29) is 12.5 Å². The number of hydrogen-bond donors (Lipinski definition) is 2. The molecule has 1 saturated heterocycles. The molecule has 3 atom stereocenters. The molecule has 7 heteroatoms. The van der Waals surface area contributed by atoms with Crippen LogP contribution in [0.1, 0.15) is 0 Å². The second kappa shape index (κ2) is 5.94. The molecule has 2 amide bonds. The van der Waals surface area contributed by atoms with Crippen molar-refractivity contribution in [3.8, 4) is 5.75 Å². The van der Waals surface area contributed by atoms with Gasteiger partial charge in [0.05, 0.1) is 6.26 Å². The quantitative estimate of drug-likeness (QED) is 0.556. The van der Waals surface area contributed by atoms with Crippen LogP contribution in [0.5, 0.6) is 5.75 Å².